The van der Waals surface area contributed by atoms with E-state index < -0.39 is 0 Å². The van der Waals surface area contributed by atoms with E-state index in [1.165, 1.54) is 21.6 Å². The van der Waals surface area contributed by atoms with Gasteiger partial charge < -0.3 is 0 Å². The summed E-state index contributed by atoms with van der Waals surface area (Å²) in [6.07, 6.45) is 1.95. The molecule has 0 bridgehead atoms. The molecule has 0 heterocycles. The van der Waals surface area contributed by atoms with Crippen LogP contribution < -0.4 is 0 Å². The van der Waals surface area contributed by atoms with E-state index in [1.54, 1.807) is 0 Å². The number of hydrogen-bond acceptors (Lipinski definition) is 1. The summed E-state index contributed by atoms with van der Waals surface area (Å²) in [6, 6.07) is 4.47. The zero-order valence-electron chi connectivity index (χ0n) is 8.55. The third-order valence-electron chi connectivity index (χ3n) is 1.95. The SMILES string of the molecule is C=CCSc1c(C)cc(C)cc1C. The van der Waals surface area contributed by atoms with Crippen molar-refractivity contribution in [2.45, 2.75) is 25.7 Å². The number of aryl methyl sites for hydroxylation is 3. The van der Waals surface area contributed by atoms with E-state index in [1.807, 2.05) is 17.8 Å². The molecule has 1 rings (SSSR count). The lowest BCUT2D eigenvalue weighted by molar-refractivity contribution is 1.19. The van der Waals surface area contributed by atoms with E-state index in [4.69, 9.17) is 0 Å². The van der Waals surface area contributed by atoms with Crippen LogP contribution in [0.2, 0.25) is 0 Å². The Morgan fingerprint density at radius 2 is 1.77 bits per heavy atom. The van der Waals surface area contributed by atoms with Crippen molar-refractivity contribution >= 4 is 11.8 Å². The van der Waals surface area contributed by atoms with Gasteiger partial charge in [-0.25, -0.2) is 0 Å². The lowest BCUT2D eigenvalue weighted by Gasteiger charge is -2.09. The zero-order valence-corrected chi connectivity index (χ0v) is 9.37. The summed E-state index contributed by atoms with van der Waals surface area (Å²) in [5, 5.41) is 0. The Bertz CT molecular complexity index is 290. The maximum atomic E-state index is 3.73. The Morgan fingerprint density at radius 3 is 2.23 bits per heavy atom. The molecule has 0 N–H and O–H groups in total. The van der Waals surface area contributed by atoms with Crippen LogP contribution in [0.5, 0.6) is 0 Å². The molecule has 1 aromatic rings. The van der Waals surface area contributed by atoms with E-state index in [-0.39, 0.29) is 0 Å². The van der Waals surface area contributed by atoms with Gasteiger partial charge in [0.2, 0.25) is 0 Å². The molecule has 1 aromatic carbocycles. The van der Waals surface area contributed by atoms with Crippen molar-refractivity contribution < 1.29 is 0 Å². The fraction of sp³-hybridized carbons (Fsp3) is 0.333. The largest absolute Gasteiger partial charge is 0.121 e. The molecule has 0 aliphatic carbocycles. The minimum Gasteiger partial charge on any atom is -0.121 e. The van der Waals surface area contributed by atoms with Crippen molar-refractivity contribution in [2.75, 3.05) is 5.75 Å². The summed E-state index contributed by atoms with van der Waals surface area (Å²) in [5.41, 5.74) is 4.10. The summed E-state index contributed by atoms with van der Waals surface area (Å²) < 4.78 is 0. The lowest BCUT2D eigenvalue weighted by atomic mass is 10.1. The van der Waals surface area contributed by atoms with Crippen molar-refractivity contribution in [3.63, 3.8) is 0 Å². The maximum absolute atomic E-state index is 3.73. The van der Waals surface area contributed by atoms with Gasteiger partial charge >= 0.3 is 0 Å². The topological polar surface area (TPSA) is 0 Å². The monoisotopic (exact) mass is 192 g/mol. The van der Waals surface area contributed by atoms with Crippen molar-refractivity contribution in [2.24, 2.45) is 0 Å². The van der Waals surface area contributed by atoms with Gasteiger partial charge in [0.05, 0.1) is 0 Å². The maximum Gasteiger partial charge on any atom is 0.0158 e. The Hall–Kier alpha value is -0.690. The molecule has 0 aliphatic heterocycles. The van der Waals surface area contributed by atoms with Crippen LogP contribution in [0.1, 0.15) is 16.7 Å². The first-order chi connectivity index (χ1) is 6.15. The van der Waals surface area contributed by atoms with Gasteiger partial charge in [-0.1, -0.05) is 23.8 Å². The van der Waals surface area contributed by atoms with Crippen LogP contribution in [-0.2, 0) is 0 Å². The fourth-order valence-corrected chi connectivity index (χ4v) is 2.39. The van der Waals surface area contributed by atoms with E-state index in [2.05, 4.69) is 39.5 Å². The molecule has 0 unspecified atom stereocenters. The van der Waals surface area contributed by atoms with Gasteiger partial charge in [0.1, 0.15) is 0 Å². The second kappa shape index (κ2) is 4.52. The highest BCUT2D eigenvalue weighted by Gasteiger charge is 2.02. The second-order valence-corrected chi connectivity index (χ2v) is 4.36. The highest BCUT2D eigenvalue weighted by molar-refractivity contribution is 7.99. The first-order valence-electron chi connectivity index (χ1n) is 4.46. The number of thioether (sulfide) groups is 1. The molecule has 0 aliphatic rings. The summed E-state index contributed by atoms with van der Waals surface area (Å²) >= 11 is 1.86. The van der Waals surface area contributed by atoms with Gasteiger partial charge in [0.25, 0.3) is 0 Å². The summed E-state index contributed by atoms with van der Waals surface area (Å²) in [7, 11) is 0. The Kier molecular flexibility index (Phi) is 3.61. The van der Waals surface area contributed by atoms with E-state index >= 15 is 0 Å². The van der Waals surface area contributed by atoms with Crippen LogP contribution in [0.4, 0.5) is 0 Å². The number of benzene rings is 1. The van der Waals surface area contributed by atoms with Gasteiger partial charge in [0, 0.05) is 10.6 Å². The number of hydrogen-bond donors (Lipinski definition) is 0. The summed E-state index contributed by atoms with van der Waals surface area (Å²) in [6.45, 7) is 10.2. The van der Waals surface area contributed by atoms with E-state index in [0.717, 1.165) is 5.75 Å². The normalized spacial score (nSPS) is 10.1. The van der Waals surface area contributed by atoms with Gasteiger partial charge in [-0.05, 0) is 31.9 Å². The Morgan fingerprint density at radius 1 is 1.23 bits per heavy atom. The van der Waals surface area contributed by atoms with Crippen LogP contribution in [-0.4, -0.2) is 5.75 Å². The molecule has 0 aromatic heterocycles. The van der Waals surface area contributed by atoms with Crippen LogP contribution >= 0.6 is 11.8 Å². The van der Waals surface area contributed by atoms with Gasteiger partial charge in [-0.2, -0.15) is 0 Å². The smallest absolute Gasteiger partial charge is 0.0158 e. The quantitative estimate of drug-likeness (QED) is 0.517. The minimum atomic E-state index is 0.991. The van der Waals surface area contributed by atoms with E-state index in [0.29, 0.717) is 0 Å². The van der Waals surface area contributed by atoms with Crippen LogP contribution in [0.3, 0.4) is 0 Å². The van der Waals surface area contributed by atoms with Crippen molar-refractivity contribution in [3.05, 3.63) is 41.5 Å². The number of rotatable bonds is 3. The lowest BCUT2D eigenvalue weighted by Crippen LogP contribution is -1.87. The predicted octanol–water partition coefficient (Wildman–Crippen LogP) is 3.89. The molecule has 0 amide bonds. The standard InChI is InChI=1S/C12H16S/c1-5-6-13-12-10(3)7-9(2)8-11(12)4/h5,7-8H,1,6H2,2-4H3. The van der Waals surface area contributed by atoms with Crippen LogP contribution in [0.15, 0.2) is 29.7 Å². The molecular weight excluding hydrogens is 176 g/mol. The molecule has 13 heavy (non-hydrogen) atoms. The Labute approximate surface area is 85.1 Å². The van der Waals surface area contributed by atoms with Gasteiger partial charge in [-0.3, -0.25) is 0 Å². The molecule has 70 valence electrons. The molecule has 0 radical (unpaired) electrons. The van der Waals surface area contributed by atoms with Crippen LogP contribution in [0, 0.1) is 20.8 Å². The fourth-order valence-electron chi connectivity index (χ4n) is 1.54. The second-order valence-electron chi connectivity index (χ2n) is 3.33. The highest BCUT2D eigenvalue weighted by Crippen LogP contribution is 2.27. The molecular formula is C12H16S. The molecule has 0 fully saturated rings. The summed E-state index contributed by atoms with van der Waals surface area (Å²) in [5.74, 6) is 0.991. The van der Waals surface area contributed by atoms with Crippen molar-refractivity contribution in [1.29, 1.82) is 0 Å². The van der Waals surface area contributed by atoms with Gasteiger partial charge in [-0.15, -0.1) is 18.3 Å². The molecule has 0 saturated carbocycles. The van der Waals surface area contributed by atoms with Crippen molar-refractivity contribution in [1.82, 2.24) is 0 Å². The minimum absolute atomic E-state index is 0.991. The first kappa shape index (κ1) is 10.4. The summed E-state index contributed by atoms with van der Waals surface area (Å²) in [4.78, 5) is 1.41. The third-order valence-corrected chi connectivity index (χ3v) is 3.29. The van der Waals surface area contributed by atoms with Crippen molar-refractivity contribution in [3.8, 4) is 0 Å². The average Bonchev–Trinajstić information content (AvgIpc) is 2.02. The average molecular weight is 192 g/mol. The van der Waals surface area contributed by atoms with E-state index in [9.17, 15) is 0 Å². The predicted molar refractivity (Wildman–Crippen MR) is 61.6 cm³/mol. The van der Waals surface area contributed by atoms with Gasteiger partial charge in [0.15, 0.2) is 0 Å². The molecule has 0 saturated heterocycles. The molecule has 0 nitrogen and oxygen atoms in total. The zero-order chi connectivity index (χ0) is 9.84. The Balaban J connectivity index is 2.98. The highest BCUT2D eigenvalue weighted by atomic mass is 32.2. The molecule has 0 spiro atoms. The first-order valence-corrected chi connectivity index (χ1v) is 5.45. The molecule has 1 heteroatoms. The molecule has 0 atom stereocenters. The van der Waals surface area contributed by atoms with Crippen LogP contribution in [0.25, 0.3) is 0 Å². The third kappa shape index (κ3) is 2.63.